The van der Waals surface area contributed by atoms with E-state index in [4.69, 9.17) is 0 Å². The molecular formula is C7H13N. The van der Waals surface area contributed by atoms with E-state index in [1.54, 1.807) is 0 Å². The third kappa shape index (κ3) is 0.334. The molecule has 0 radical (unpaired) electrons. The summed E-state index contributed by atoms with van der Waals surface area (Å²) in [7, 11) is 2.25. The second kappa shape index (κ2) is 1.10. The van der Waals surface area contributed by atoms with Gasteiger partial charge in [-0.3, -0.25) is 4.90 Å². The van der Waals surface area contributed by atoms with Crippen molar-refractivity contribution in [3.8, 4) is 0 Å². The summed E-state index contributed by atoms with van der Waals surface area (Å²) in [4.78, 5) is 2.52. The number of fused-ring (bicyclic) bond motifs is 1. The number of rotatable bonds is 0. The van der Waals surface area contributed by atoms with Crippen molar-refractivity contribution in [2.24, 2.45) is 0 Å². The second-order valence-electron chi connectivity index (χ2n) is 3.50. The van der Waals surface area contributed by atoms with Gasteiger partial charge in [-0.05, 0) is 33.2 Å². The summed E-state index contributed by atoms with van der Waals surface area (Å²) in [5, 5.41) is 0. The van der Waals surface area contributed by atoms with Gasteiger partial charge in [0.1, 0.15) is 0 Å². The monoisotopic (exact) mass is 111 g/mol. The van der Waals surface area contributed by atoms with Crippen LogP contribution >= 0.6 is 0 Å². The lowest BCUT2D eigenvalue weighted by Crippen LogP contribution is -2.54. The Morgan fingerprint density at radius 1 is 1.62 bits per heavy atom. The summed E-state index contributed by atoms with van der Waals surface area (Å²) in [6, 6.07) is 0.958. The Kier molecular flexibility index (Phi) is 0.663. The molecule has 8 heavy (non-hydrogen) atoms. The standard InChI is InChI=1S/C7H13N/c1-7-4-3-6(5-7)8(7)2/h6H,3-5H2,1-2H3. The van der Waals surface area contributed by atoms with Crippen LogP contribution in [0.3, 0.4) is 0 Å². The Morgan fingerprint density at radius 2 is 2.38 bits per heavy atom. The molecule has 0 spiro atoms. The normalized spacial score (nSPS) is 54.0. The van der Waals surface area contributed by atoms with Crippen LogP contribution in [-0.4, -0.2) is 23.5 Å². The van der Waals surface area contributed by atoms with Crippen LogP contribution in [0.15, 0.2) is 0 Å². The van der Waals surface area contributed by atoms with Gasteiger partial charge in [0.25, 0.3) is 0 Å². The van der Waals surface area contributed by atoms with Crippen molar-refractivity contribution in [1.29, 1.82) is 0 Å². The van der Waals surface area contributed by atoms with Gasteiger partial charge in [-0.1, -0.05) is 0 Å². The largest absolute Gasteiger partial charge is 0.298 e. The van der Waals surface area contributed by atoms with Gasteiger partial charge in [0, 0.05) is 11.6 Å². The summed E-state index contributed by atoms with van der Waals surface area (Å²) < 4.78 is 0. The molecule has 2 bridgehead atoms. The molecular weight excluding hydrogens is 98.1 g/mol. The smallest absolute Gasteiger partial charge is 0.0196 e. The van der Waals surface area contributed by atoms with E-state index in [0.29, 0.717) is 5.54 Å². The van der Waals surface area contributed by atoms with Gasteiger partial charge in [0.2, 0.25) is 0 Å². The topological polar surface area (TPSA) is 3.24 Å². The maximum absolute atomic E-state index is 2.52. The lowest BCUT2D eigenvalue weighted by atomic mass is 9.90. The third-order valence-corrected chi connectivity index (χ3v) is 3.09. The molecule has 0 amide bonds. The van der Waals surface area contributed by atoms with Gasteiger partial charge in [-0.2, -0.15) is 0 Å². The Bertz CT molecular complexity index is 118. The molecule has 2 heterocycles. The molecule has 3 rings (SSSR count). The van der Waals surface area contributed by atoms with Crippen LogP contribution in [0.4, 0.5) is 0 Å². The maximum Gasteiger partial charge on any atom is 0.0196 e. The van der Waals surface area contributed by atoms with E-state index in [1.807, 2.05) is 0 Å². The molecule has 0 N–H and O–H groups in total. The molecule has 1 heteroatoms. The first kappa shape index (κ1) is 4.80. The lowest BCUT2D eigenvalue weighted by Gasteiger charge is -2.46. The van der Waals surface area contributed by atoms with Crippen molar-refractivity contribution in [3.05, 3.63) is 0 Å². The molecule has 3 fully saturated rings. The zero-order valence-corrected chi connectivity index (χ0v) is 5.65. The maximum atomic E-state index is 2.52. The molecule has 0 aromatic heterocycles. The van der Waals surface area contributed by atoms with Crippen molar-refractivity contribution < 1.29 is 0 Å². The summed E-state index contributed by atoms with van der Waals surface area (Å²) in [5.74, 6) is 0. The number of hydrogen-bond donors (Lipinski definition) is 0. The molecule has 2 unspecified atom stereocenters. The predicted molar refractivity (Wildman–Crippen MR) is 33.8 cm³/mol. The van der Waals surface area contributed by atoms with Crippen molar-refractivity contribution in [2.75, 3.05) is 7.05 Å². The Morgan fingerprint density at radius 3 is 2.50 bits per heavy atom. The van der Waals surface area contributed by atoms with E-state index in [1.165, 1.54) is 19.3 Å². The van der Waals surface area contributed by atoms with Crippen LogP contribution < -0.4 is 0 Å². The molecule has 2 atom stereocenters. The molecule has 46 valence electrons. The van der Waals surface area contributed by atoms with E-state index in [2.05, 4.69) is 18.9 Å². The summed E-state index contributed by atoms with van der Waals surface area (Å²) in [6.45, 7) is 2.37. The zero-order chi connectivity index (χ0) is 5.78. The highest BCUT2D eigenvalue weighted by atomic mass is 15.3. The summed E-state index contributed by atoms with van der Waals surface area (Å²) in [5.41, 5.74) is 0.630. The second-order valence-corrected chi connectivity index (χ2v) is 3.50. The molecule has 3 aliphatic rings. The number of nitrogens with zero attached hydrogens (tertiary/aromatic N) is 1. The summed E-state index contributed by atoms with van der Waals surface area (Å²) in [6.07, 6.45) is 4.35. The molecule has 1 nitrogen and oxygen atoms in total. The van der Waals surface area contributed by atoms with Gasteiger partial charge >= 0.3 is 0 Å². The molecule has 0 aromatic rings. The highest BCUT2D eigenvalue weighted by Crippen LogP contribution is 2.48. The van der Waals surface area contributed by atoms with Gasteiger partial charge in [0.15, 0.2) is 0 Å². The fourth-order valence-electron chi connectivity index (χ4n) is 2.17. The molecule has 0 aromatic carbocycles. The lowest BCUT2D eigenvalue weighted by molar-refractivity contribution is 0.0286. The highest BCUT2D eigenvalue weighted by Gasteiger charge is 2.51. The first-order valence-corrected chi connectivity index (χ1v) is 3.45. The predicted octanol–water partition coefficient (Wildman–Crippen LogP) is 1.24. The fourth-order valence-corrected chi connectivity index (χ4v) is 2.17. The van der Waals surface area contributed by atoms with Crippen molar-refractivity contribution in [3.63, 3.8) is 0 Å². The van der Waals surface area contributed by atoms with E-state index >= 15 is 0 Å². The van der Waals surface area contributed by atoms with Crippen molar-refractivity contribution >= 4 is 0 Å². The SMILES string of the molecule is CN1C2CCC1(C)C2. The third-order valence-electron chi connectivity index (χ3n) is 3.09. The van der Waals surface area contributed by atoms with Crippen LogP contribution in [-0.2, 0) is 0 Å². The molecule has 1 saturated carbocycles. The van der Waals surface area contributed by atoms with Crippen LogP contribution in [0.1, 0.15) is 26.2 Å². The van der Waals surface area contributed by atoms with Gasteiger partial charge in [0.05, 0.1) is 0 Å². The van der Waals surface area contributed by atoms with Crippen LogP contribution in [0.2, 0.25) is 0 Å². The van der Waals surface area contributed by atoms with Gasteiger partial charge in [-0.15, -0.1) is 0 Å². The Hall–Kier alpha value is -0.0400. The van der Waals surface area contributed by atoms with Crippen molar-refractivity contribution in [2.45, 2.75) is 37.8 Å². The first-order chi connectivity index (χ1) is 3.72. The van der Waals surface area contributed by atoms with Crippen molar-refractivity contribution in [1.82, 2.24) is 4.90 Å². The Labute approximate surface area is 50.7 Å². The van der Waals surface area contributed by atoms with Crippen LogP contribution in [0, 0.1) is 0 Å². The highest BCUT2D eigenvalue weighted by molar-refractivity contribution is 5.08. The molecule has 1 aliphatic carbocycles. The van der Waals surface area contributed by atoms with E-state index < -0.39 is 0 Å². The van der Waals surface area contributed by atoms with Crippen LogP contribution in [0.25, 0.3) is 0 Å². The first-order valence-electron chi connectivity index (χ1n) is 3.45. The minimum absolute atomic E-state index is 0.630. The van der Waals surface area contributed by atoms with E-state index in [9.17, 15) is 0 Å². The van der Waals surface area contributed by atoms with Crippen LogP contribution in [0.5, 0.6) is 0 Å². The number of hydrogen-bond acceptors (Lipinski definition) is 1. The zero-order valence-electron chi connectivity index (χ0n) is 5.65. The Balaban J connectivity index is 2.22. The fraction of sp³-hybridized carbons (Fsp3) is 1.00. The van der Waals surface area contributed by atoms with E-state index in [0.717, 1.165) is 6.04 Å². The minimum Gasteiger partial charge on any atom is -0.298 e. The molecule has 2 saturated heterocycles. The van der Waals surface area contributed by atoms with E-state index in [-0.39, 0.29) is 0 Å². The average Bonchev–Trinajstić information content (AvgIpc) is 2.21. The summed E-state index contributed by atoms with van der Waals surface area (Å²) >= 11 is 0. The molecule has 2 aliphatic heterocycles. The quantitative estimate of drug-likeness (QED) is 0.454. The minimum atomic E-state index is 0.630. The van der Waals surface area contributed by atoms with Gasteiger partial charge < -0.3 is 0 Å². The van der Waals surface area contributed by atoms with Gasteiger partial charge in [-0.25, -0.2) is 0 Å². The average molecular weight is 111 g/mol.